The Hall–Kier alpha value is -0.700. The van der Waals surface area contributed by atoms with Gasteiger partial charge >= 0.3 is 0 Å². The summed E-state index contributed by atoms with van der Waals surface area (Å²) >= 11 is 6.82. The summed E-state index contributed by atoms with van der Waals surface area (Å²) in [6.07, 6.45) is 5.27. The summed E-state index contributed by atoms with van der Waals surface area (Å²) in [6, 6.07) is 0. The average molecular weight is 353 g/mol. The van der Waals surface area contributed by atoms with Crippen molar-refractivity contribution in [2.45, 2.75) is 39.9 Å². The predicted octanol–water partition coefficient (Wildman–Crippen LogP) is 4.29. The van der Waals surface area contributed by atoms with E-state index in [1.807, 2.05) is 11.3 Å². The van der Waals surface area contributed by atoms with Crippen LogP contribution in [0.15, 0.2) is 20.0 Å². The Balaban J connectivity index is 1.72. The summed E-state index contributed by atoms with van der Waals surface area (Å²) in [7, 11) is 0. The first-order chi connectivity index (χ1) is 10.3. The van der Waals surface area contributed by atoms with Crippen LogP contribution in [0.25, 0.3) is 10.2 Å². The molecule has 3 aromatic rings. The molecule has 0 spiro atoms. The van der Waals surface area contributed by atoms with Gasteiger partial charge in [0.1, 0.15) is 16.2 Å². The van der Waals surface area contributed by atoms with Gasteiger partial charge in [0.2, 0.25) is 0 Å². The zero-order valence-electron chi connectivity index (χ0n) is 11.3. The Kier molecular flexibility index (Phi) is 3.87. The van der Waals surface area contributed by atoms with Crippen LogP contribution in [0.1, 0.15) is 23.8 Å². The van der Waals surface area contributed by atoms with Crippen molar-refractivity contribution in [3.8, 4) is 0 Å². The summed E-state index contributed by atoms with van der Waals surface area (Å²) in [6.45, 7) is 2.13. The average Bonchev–Trinajstić information content (AvgIpc) is 3.15. The van der Waals surface area contributed by atoms with Crippen LogP contribution in [0.3, 0.4) is 0 Å². The first-order valence-corrected chi connectivity index (χ1v) is 10.2. The maximum absolute atomic E-state index is 4.50. The van der Waals surface area contributed by atoms with Gasteiger partial charge in [0, 0.05) is 10.3 Å². The Morgan fingerprint density at radius 1 is 1.14 bits per heavy atom. The van der Waals surface area contributed by atoms with Gasteiger partial charge in [0.15, 0.2) is 8.68 Å². The summed E-state index contributed by atoms with van der Waals surface area (Å²) in [5.41, 5.74) is 1.46. The van der Waals surface area contributed by atoms with Crippen LogP contribution in [0, 0.1) is 0 Å². The van der Waals surface area contributed by atoms with Crippen LogP contribution in [0.5, 0.6) is 0 Å². The zero-order chi connectivity index (χ0) is 14.2. The van der Waals surface area contributed by atoms with Crippen molar-refractivity contribution in [1.29, 1.82) is 0 Å². The number of hydrogen-bond acceptors (Lipinski definition) is 8. The number of nitrogens with zero attached hydrogens (tertiary/aromatic N) is 4. The molecule has 0 atom stereocenters. The Bertz CT molecular complexity index is 795. The van der Waals surface area contributed by atoms with Crippen molar-refractivity contribution in [3.63, 3.8) is 0 Å². The molecule has 0 bridgehead atoms. The van der Waals surface area contributed by atoms with Gasteiger partial charge in [-0.2, -0.15) is 0 Å². The minimum Gasteiger partial charge on any atom is -0.229 e. The highest BCUT2D eigenvalue weighted by molar-refractivity contribution is 8.03. The molecule has 1 aliphatic rings. The summed E-state index contributed by atoms with van der Waals surface area (Å²) < 4.78 is 1.99. The molecular weight excluding hydrogens is 340 g/mol. The molecule has 4 nitrogen and oxygen atoms in total. The van der Waals surface area contributed by atoms with E-state index in [1.54, 1.807) is 41.2 Å². The number of thiophene rings is 1. The van der Waals surface area contributed by atoms with Crippen LogP contribution in [-0.2, 0) is 12.8 Å². The van der Waals surface area contributed by atoms with Crippen LogP contribution < -0.4 is 0 Å². The van der Waals surface area contributed by atoms with Crippen molar-refractivity contribution < 1.29 is 0 Å². The SMILES string of the molecule is CCSc1nnc(Sc2ncnc3sc4c(c23)CCC4)s1. The molecule has 0 aliphatic heterocycles. The fourth-order valence-electron chi connectivity index (χ4n) is 2.48. The number of fused-ring (bicyclic) bond motifs is 3. The Labute approximate surface area is 138 Å². The number of rotatable bonds is 4. The molecule has 0 amide bonds. The van der Waals surface area contributed by atoms with Crippen LogP contribution >= 0.6 is 46.2 Å². The molecule has 3 aromatic heterocycles. The van der Waals surface area contributed by atoms with Gasteiger partial charge < -0.3 is 0 Å². The fourth-order valence-corrected chi connectivity index (χ4v) is 6.73. The highest BCUT2D eigenvalue weighted by atomic mass is 32.2. The molecule has 1 aliphatic carbocycles. The van der Waals surface area contributed by atoms with E-state index < -0.39 is 0 Å². The lowest BCUT2D eigenvalue weighted by Gasteiger charge is -2.00. The Morgan fingerprint density at radius 3 is 2.95 bits per heavy atom. The minimum atomic E-state index is 0.962. The maximum Gasteiger partial charge on any atom is 0.181 e. The molecule has 0 unspecified atom stereocenters. The van der Waals surface area contributed by atoms with E-state index in [1.165, 1.54) is 28.7 Å². The van der Waals surface area contributed by atoms with Crippen molar-refractivity contribution in [2.75, 3.05) is 5.75 Å². The molecule has 3 heterocycles. The van der Waals surface area contributed by atoms with E-state index in [4.69, 9.17) is 0 Å². The second-order valence-electron chi connectivity index (χ2n) is 4.59. The van der Waals surface area contributed by atoms with E-state index in [9.17, 15) is 0 Å². The number of aryl methyl sites for hydroxylation is 2. The van der Waals surface area contributed by atoms with Crippen LogP contribution in [0.4, 0.5) is 0 Å². The molecule has 108 valence electrons. The topological polar surface area (TPSA) is 51.6 Å². The third-order valence-electron chi connectivity index (χ3n) is 3.31. The molecule has 0 aromatic carbocycles. The van der Waals surface area contributed by atoms with Crippen LogP contribution in [-0.4, -0.2) is 25.9 Å². The van der Waals surface area contributed by atoms with Crippen LogP contribution in [0.2, 0.25) is 0 Å². The lowest BCUT2D eigenvalue weighted by molar-refractivity contribution is 0.915. The second-order valence-corrected chi connectivity index (χ2v) is 9.39. The van der Waals surface area contributed by atoms with E-state index in [2.05, 4.69) is 27.1 Å². The fraction of sp³-hybridized carbons (Fsp3) is 0.385. The molecular formula is C13H12N4S4. The summed E-state index contributed by atoms with van der Waals surface area (Å²) in [5, 5.41) is 10.8. The van der Waals surface area contributed by atoms with Gasteiger partial charge in [0.05, 0.1) is 0 Å². The van der Waals surface area contributed by atoms with Gasteiger partial charge in [-0.15, -0.1) is 21.5 Å². The monoisotopic (exact) mass is 352 g/mol. The molecule has 0 radical (unpaired) electrons. The number of hydrogen-bond donors (Lipinski definition) is 0. The second kappa shape index (κ2) is 5.83. The van der Waals surface area contributed by atoms with Gasteiger partial charge in [-0.3, -0.25) is 0 Å². The third kappa shape index (κ3) is 2.58. The largest absolute Gasteiger partial charge is 0.229 e. The maximum atomic E-state index is 4.50. The molecule has 0 saturated carbocycles. The van der Waals surface area contributed by atoms with Crippen molar-refractivity contribution in [2.24, 2.45) is 0 Å². The normalized spacial score (nSPS) is 14.0. The molecule has 0 N–H and O–H groups in total. The number of thioether (sulfide) groups is 1. The van der Waals surface area contributed by atoms with Gasteiger partial charge in [-0.05, 0) is 42.3 Å². The lowest BCUT2D eigenvalue weighted by Crippen LogP contribution is -1.86. The Morgan fingerprint density at radius 2 is 2.05 bits per heavy atom. The molecule has 0 saturated heterocycles. The minimum absolute atomic E-state index is 0.962. The van der Waals surface area contributed by atoms with Crippen molar-refractivity contribution in [3.05, 3.63) is 16.8 Å². The van der Waals surface area contributed by atoms with Gasteiger partial charge in [-0.25, -0.2) is 9.97 Å². The third-order valence-corrected chi connectivity index (χ3v) is 7.50. The van der Waals surface area contributed by atoms with E-state index >= 15 is 0 Å². The highest BCUT2D eigenvalue weighted by Crippen LogP contribution is 2.42. The standard InChI is InChI=1S/C13H12N4S4/c1-2-18-12-16-17-13(21-12)20-11-9-7-4-3-5-8(7)19-10(9)14-6-15-11/h6H,2-5H2,1H3. The summed E-state index contributed by atoms with van der Waals surface area (Å²) in [5.74, 6) is 1.02. The predicted molar refractivity (Wildman–Crippen MR) is 89.9 cm³/mol. The number of aromatic nitrogens is 4. The first-order valence-electron chi connectivity index (χ1n) is 6.74. The van der Waals surface area contributed by atoms with E-state index in [-0.39, 0.29) is 0 Å². The zero-order valence-corrected chi connectivity index (χ0v) is 14.6. The first kappa shape index (κ1) is 13.9. The molecule has 8 heteroatoms. The lowest BCUT2D eigenvalue weighted by atomic mass is 10.2. The van der Waals surface area contributed by atoms with Crippen molar-refractivity contribution in [1.82, 2.24) is 20.2 Å². The highest BCUT2D eigenvalue weighted by Gasteiger charge is 2.22. The van der Waals surface area contributed by atoms with E-state index in [0.29, 0.717) is 0 Å². The van der Waals surface area contributed by atoms with Crippen molar-refractivity contribution >= 4 is 56.4 Å². The quantitative estimate of drug-likeness (QED) is 0.515. The van der Waals surface area contributed by atoms with Gasteiger partial charge in [-0.1, -0.05) is 30.0 Å². The molecule has 0 fully saturated rings. The summed E-state index contributed by atoms with van der Waals surface area (Å²) in [4.78, 5) is 11.5. The molecule has 21 heavy (non-hydrogen) atoms. The smallest absolute Gasteiger partial charge is 0.181 e. The van der Waals surface area contributed by atoms with E-state index in [0.717, 1.165) is 30.7 Å². The molecule has 4 rings (SSSR count). The van der Waals surface area contributed by atoms with Gasteiger partial charge in [0.25, 0.3) is 0 Å².